The number of hydrogen-bond donors (Lipinski definition) is 1. The monoisotopic (exact) mass is 389 g/mol. The highest BCUT2D eigenvalue weighted by Gasteiger charge is 2.31. The molecule has 0 bridgehead atoms. The zero-order valence-corrected chi connectivity index (χ0v) is 15.3. The molecule has 0 fully saturated rings. The van der Waals surface area contributed by atoms with Crippen LogP contribution in [0.2, 0.25) is 0 Å². The van der Waals surface area contributed by atoms with E-state index in [4.69, 9.17) is 9.47 Å². The summed E-state index contributed by atoms with van der Waals surface area (Å²) in [5.41, 5.74) is 3.73. The van der Waals surface area contributed by atoms with E-state index in [0.29, 0.717) is 42.5 Å². The van der Waals surface area contributed by atoms with E-state index in [9.17, 15) is 4.39 Å². The second-order valence-corrected chi connectivity index (χ2v) is 7.12. The van der Waals surface area contributed by atoms with Crippen molar-refractivity contribution in [1.29, 1.82) is 0 Å². The fraction of sp³-hybridized carbons (Fsp3) is 0.190. The second kappa shape index (κ2) is 6.16. The summed E-state index contributed by atoms with van der Waals surface area (Å²) in [4.78, 5) is 4.44. The molecule has 2 aliphatic heterocycles. The van der Waals surface area contributed by atoms with Crippen LogP contribution in [-0.4, -0.2) is 32.8 Å². The molecular weight excluding hydrogens is 373 g/mol. The Kier molecular flexibility index (Phi) is 3.46. The van der Waals surface area contributed by atoms with Crippen molar-refractivity contribution in [3.63, 3.8) is 0 Å². The third-order valence-corrected chi connectivity index (χ3v) is 5.46. The van der Waals surface area contributed by atoms with Crippen LogP contribution in [0.15, 0.2) is 48.9 Å². The molecule has 3 aromatic heterocycles. The number of fused-ring (bicyclic) bond motifs is 3. The van der Waals surface area contributed by atoms with Gasteiger partial charge in [0.25, 0.3) is 0 Å². The van der Waals surface area contributed by atoms with Gasteiger partial charge in [-0.3, -0.25) is 9.38 Å². The van der Waals surface area contributed by atoms with Crippen molar-refractivity contribution in [2.45, 2.75) is 12.5 Å². The molecule has 5 heterocycles. The van der Waals surface area contributed by atoms with Crippen molar-refractivity contribution in [3.8, 4) is 22.8 Å². The first-order chi connectivity index (χ1) is 14.3. The van der Waals surface area contributed by atoms with Gasteiger partial charge in [0, 0.05) is 29.4 Å². The number of rotatable bonds is 1. The van der Waals surface area contributed by atoms with Crippen LogP contribution >= 0.6 is 0 Å². The van der Waals surface area contributed by atoms with E-state index < -0.39 is 0 Å². The molecule has 0 saturated heterocycles. The van der Waals surface area contributed by atoms with Crippen LogP contribution in [0.1, 0.15) is 17.0 Å². The molecule has 29 heavy (non-hydrogen) atoms. The summed E-state index contributed by atoms with van der Waals surface area (Å²) in [7, 11) is 0. The summed E-state index contributed by atoms with van der Waals surface area (Å²) in [5, 5.41) is 11.7. The Morgan fingerprint density at radius 2 is 2.00 bits per heavy atom. The minimum Gasteiger partial charge on any atom is -0.493 e. The lowest BCUT2D eigenvalue weighted by Gasteiger charge is -2.16. The minimum atomic E-state index is -0.250. The number of anilines is 1. The normalized spacial score (nSPS) is 17.2. The summed E-state index contributed by atoms with van der Waals surface area (Å²) < 4.78 is 28.4. The van der Waals surface area contributed by atoms with Gasteiger partial charge < -0.3 is 14.8 Å². The molecule has 1 atom stereocenters. The molecule has 0 saturated carbocycles. The van der Waals surface area contributed by atoms with Crippen molar-refractivity contribution in [3.05, 3.63) is 65.9 Å². The highest BCUT2D eigenvalue weighted by atomic mass is 19.1. The van der Waals surface area contributed by atoms with Crippen molar-refractivity contribution in [2.24, 2.45) is 0 Å². The van der Waals surface area contributed by atoms with Gasteiger partial charge in [-0.2, -0.15) is 0 Å². The Morgan fingerprint density at radius 1 is 1.10 bits per heavy atom. The number of aromatic nitrogens is 4. The van der Waals surface area contributed by atoms with Gasteiger partial charge in [-0.05, 0) is 30.3 Å². The number of halogens is 1. The lowest BCUT2D eigenvalue weighted by molar-refractivity contribution is 0.249. The topological polar surface area (TPSA) is 73.6 Å². The largest absolute Gasteiger partial charge is 0.493 e. The number of benzene rings is 1. The lowest BCUT2D eigenvalue weighted by atomic mass is 9.96. The fourth-order valence-electron chi connectivity index (χ4n) is 4.10. The zero-order valence-electron chi connectivity index (χ0n) is 15.3. The van der Waals surface area contributed by atoms with Crippen LogP contribution in [0.4, 0.5) is 10.2 Å². The molecule has 1 aromatic carbocycles. The van der Waals surface area contributed by atoms with E-state index >= 15 is 0 Å². The molecule has 1 N–H and O–H groups in total. The first kappa shape index (κ1) is 16.3. The quantitative estimate of drug-likeness (QED) is 0.538. The molecule has 0 spiro atoms. The zero-order chi connectivity index (χ0) is 19.4. The van der Waals surface area contributed by atoms with Crippen molar-refractivity contribution >= 4 is 11.5 Å². The minimum absolute atomic E-state index is 0.0293. The van der Waals surface area contributed by atoms with Crippen molar-refractivity contribution < 1.29 is 13.9 Å². The van der Waals surface area contributed by atoms with Gasteiger partial charge in [0.1, 0.15) is 17.9 Å². The first-order valence-corrected chi connectivity index (χ1v) is 9.38. The van der Waals surface area contributed by atoms with Gasteiger partial charge in [0.15, 0.2) is 17.2 Å². The Bertz CT molecular complexity index is 1240. The maximum Gasteiger partial charge on any atom is 0.171 e. The van der Waals surface area contributed by atoms with E-state index in [1.165, 1.54) is 6.07 Å². The van der Waals surface area contributed by atoms with E-state index in [0.717, 1.165) is 22.6 Å². The van der Waals surface area contributed by atoms with E-state index in [2.05, 4.69) is 20.5 Å². The maximum absolute atomic E-state index is 14.6. The average Bonchev–Trinajstić information content (AvgIpc) is 3.40. The van der Waals surface area contributed by atoms with E-state index in [-0.39, 0.29) is 11.7 Å². The average molecular weight is 389 g/mol. The molecule has 2 aliphatic rings. The molecule has 0 unspecified atom stereocenters. The molecule has 4 aromatic rings. The standard InChI is InChI=1S/C21H16FN5O2/c22-15-4-5-17-19-12(9-28-17)10-29-18-7-13(16-3-1-2-6-23-16)20-26-25-11-27(20)21(18)24-8-14(15)19/h1-7,11-12,24H,8-10H2/t12-/m0/s1. The fourth-order valence-corrected chi connectivity index (χ4v) is 4.10. The number of nitrogens with one attached hydrogen (secondary N) is 1. The van der Waals surface area contributed by atoms with E-state index in [1.54, 1.807) is 18.6 Å². The Balaban J connectivity index is 1.53. The van der Waals surface area contributed by atoms with Gasteiger partial charge in [-0.1, -0.05) is 6.07 Å². The Labute approximate surface area is 165 Å². The Morgan fingerprint density at radius 3 is 2.86 bits per heavy atom. The van der Waals surface area contributed by atoms with Crippen LogP contribution < -0.4 is 14.8 Å². The molecule has 0 aliphatic carbocycles. The first-order valence-electron chi connectivity index (χ1n) is 9.38. The predicted molar refractivity (Wildman–Crippen MR) is 104 cm³/mol. The van der Waals surface area contributed by atoms with Crippen LogP contribution in [0.3, 0.4) is 0 Å². The van der Waals surface area contributed by atoms with Crippen LogP contribution in [-0.2, 0) is 6.54 Å². The number of pyridine rings is 2. The number of hydrogen-bond acceptors (Lipinski definition) is 6. The summed E-state index contributed by atoms with van der Waals surface area (Å²) in [6.07, 6.45) is 3.36. The molecule has 6 rings (SSSR count). The van der Waals surface area contributed by atoms with Gasteiger partial charge >= 0.3 is 0 Å². The van der Waals surface area contributed by atoms with Gasteiger partial charge in [-0.25, -0.2) is 4.39 Å². The maximum atomic E-state index is 14.6. The smallest absolute Gasteiger partial charge is 0.171 e. The lowest BCUT2D eigenvalue weighted by Crippen LogP contribution is -2.13. The van der Waals surface area contributed by atoms with Gasteiger partial charge in [-0.15, -0.1) is 10.2 Å². The second-order valence-electron chi connectivity index (χ2n) is 7.12. The van der Waals surface area contributed by atoms with Crippen LogP contribution in [0, 0.1) is 5.82 Å². The summed E-state index contributed by atoms with van der Waals surface area (Å²) >= 11 is 0. The Hall–Kier alpha value is -3.68. The number of ether oxygens (including phenoxy) is 2. The summed E-state index contributed by atoms with van der Waals surface area (Å²) in [6.45, 7) is 1.16. The SMILES string of the molecule is Fc1ccc2c3c1CNc1c(cc(-c4ccccn4)c4nncn14)OC[C@@H]3CO2. The van der Waals surface area contributed by atoms with Crippen LogP contribution in [0.25, 0.3) is 16.9 Å². The molecule has 8 heteroatoms. The molecule has 144 valence electrons. The summed E-state index contributed by atoms with van der Waals surface area (Å²) in [6, 6.07) is 10.8. The predicted octanol–water partition coefficient (Wildman–Crippen LogP) is 3.41. The summed E-state index contributed by atoms with van der Waals surface area (Å²) in [5.74, 6) is 1.77. The van der Waals surface area contributed by atoms with Gasteiger partial charge in [0.2, 0.25) is 0 Å². The molecule has 7 nitrogen and oxygen atoms in total. The van der Waals surface area contributed by atoms with Crippen molar-refractivity contribution in [2.75, 3.05) is 18.5 Å². The van der Waals surface area contributed by atoms with Gasteiger partial charge in [0.05, 0.1) is 24.8 Å². The highest BCUT2D eigenvalue weighted by Crippen LogP contribution is 2.41. The van der Waals surface area contributed by atoms with E-state index in [1.807, 2.05) is 28.7 Å². The van der Waals surface area contributed by atoms with Crippen molar-refractivity contribution in [1.82, 2.24) is 19.6 Å². The highest BCUT2D eigenvalue weighted by molar-refractivity contribution is 5.80. The molecule has 0 amide bonds. The van der Waals surface area contributed by atoms with Crippen LogP contribution in [0.5, 0.6) is 11.5 Å². The number of nitrogens with zero attached hydrogens (tertiary/aromatic N) is 4. The third-order valence-electron chi connectivity index (χ3n) is 5.46. The third kappa shape index (κ3) is 2.45. The molecule has 0 radical (unpaired) electrons. The molecular formula is C21H16FN5O2.